The highest BCUT2D eigenvalue weighted by Crippen LogP contribution is 2.43. The van der Waals surface area contributed by atoms with E-state index in [-0.39, 0.29) is 19.3 Å². The number of thioether (sulfide) groups is 1. The van der Waals surface area contributed by atoms with Crippen molar-refractivity contribution in [1.82, 2.24) is 25.0 Å². The molecule has 1 aromatic carbocycles. The summed E-state index contributed by atoms with van der Waals surface area (Å²) in [6.45, 7) is 2.09. The first-order valence-corrected chi connectivity index (χ1v) is 13.2. The SMILES string of the molecule is CCCCSc1nc(NC2CC2c2ccccc2)c2nnn([C@H]3C[C@@H](OCCO)[C@H](O)[C@@H]3O)c2n1. The normalized spacial score (nSPS) is 28.0. The lowest BCUT2D eigenvalue weighted by atomic mass is 10.1. The predicted octanol–water partition coefficient (Wildman–Crippen LogP) is 2.13. The molecule has 3 aromatic rings. The van der Waals surface area contributed by atoms with E-state index in [0.29, 0.717) is 34.5 Å². The van der Waals surface area contributed by atoms with Crippen molar-refractivity contribution in [3.63, 3.8) is 0 Å². The van der Waals surface area contributed by atoms with Gasteiger partial charge in [-0.05, 0) is 18.4 Å². The number of ether oxygens (including phenoxy) is 1. The smallest absolute Gasteiger partial charge is 0.191 e. The second kappa shape index (κ2) is 10.8. The minimum Gasteiger partial charge on any atom is -0.394 e. The Kier molecular flexibility index (Phi) is 7.49. The van der Waals surface area contributed by atoms with Crippen LogP contribution in [-0.4, -0.2) is 83.6 Å². The van der Waals surface area contributed by atoms with Crippen molar-refractivity contribution in [1.29, 1.82) is 0 Å². The zero-order valence-corrected chi connectivity index (χ0v) is 20.5. The van der Waals surface area contributed by atoms with Crippen LogP contribution in [-0.2, 0) is 4.74 Å². The van der Waals surface area contributed by atoms with E-state index in [0.717, 1.165) is 25.0 Å². The van der Waals surface area contributed by atoms with Gasteiger partial charge in [-0.25, -0.2) is 14.6 Å². The van der Waals surface area contributed by atoms with Crippen molar-refractivity contribution >= 4 is 28.7 Å². The third-order valence-electron chi connectivity index (χ3n) is 6.71. The monoisotopic (exact) mass is 500 g/mol. The number of anilines is 1. The molecule has 0 spiro atoms. The molecule has 188 valence electrons. The fraction of sp³-hybridized carbons (Fsp3) is 0.583. The van der Waals surface area contributed by atoms with Crippen LogP contribution in [0, 0.1) is 0 Å². The zero-order valence-electron chi connectivity index (χ0n) is 19.7. The van der Waals surface area contributed by atoms with Crippen molar-refractivity contribution in [2.24, 2.45) is 0 Å². The summed E-state index contributed by atoms with van der Waals surface area (Å²) >= 11 is 1.59. The zero-order chi connectivity index (χ0) is 24.4. The van der Waals surface area contributed by atoms with Crippen LogP contribution in [0.4, 0.5) is 5.82 Å². The Labute approximate surface area is 208 Å². The highest BCUT2D eigenvalue weighted by atomic mass is 32.2. The first-order valence-electron chi connectivity index (χ1n) is 12.3. The number of unbranched alkanes of at least 4 members (excludes halogenated alkanes) is 1. The third-order valence-corrected chi connectivity index (χ3v) is 7.64. The molecule has 0 bridgehead atoms. The van der Waals surface area contributed by atoms with Crippen LogP contribution in [0.1, 0.15) is 50.1 Å². The van der Waals surface area contributed by atoms with Crippen LogP contribution in [0.25, 0.3) is 11.2 Å². The number of aliphatic hydroxyl groups excluding tert-OH is 3. The van der Waals surface area contributed by atoms with E-state index >= 15 is 0 Å². The van der Waals surface area contributed by atoms with Crippen molar-refractivity contribution in [3.8, 4) is 0 Å². The summed E-state index contributed by atoms with van der Waals surface area (Å²) in [5, 5.41) is 43.2. The van der Waals surface area contributed by atoms with E-state index in [4.69, 9.17) is 19.8 Å². The van der Waals surface area contributed by atoms with E-state index < -0.39 is 24.4 Å². The highest BCUT2D eigenvalue weighted by molar-refractivity contribution is 7.99. The lowest BCUT2D eigenvalue weighted by Gasteiger charge is -2.17. The summed E-state index contributed by atoms with van der Waals surface area (Å²) in [4.78, 5) is 9.51. The molecule has 35 heavy (non-hydrogen) atoms. The van der Waals surface area contributed by atoms with Gasteiger partial charge in [0.1, 0.15) is 12.2 Å². The lowest BCUT2D eigenvalue weighted by Crippen LogP contribution is -2.33. The number of nitrogens with one attached hydrogen (secondary N) is 1. The fourth-order valence-electron chi connectivity index (χ4n) is 4.68. The first kappa shape index (κ1) is 24.4. The molecule has 11 heteroatoms. The molecule has 0 radical (unpaired) electrons. The van der Waals surface area contributed by atoms with E-state index in [1.165, 1.54) is 5.56 Å². The average Bonchev–Trinajstić information content (AvgIpc) is 3.42. The number of aromatic nitrogens is 5. The van der Waals surface area contributed by atoms with Crippen LogP contribution in [0.2, 0.25) is 0 Å². The second-order valence-corrected chi connectivity index (χ2v) is 10.2. The highest BCUT2D eigenvalue weighted by Gasteiger charge is 2.45. The van der Waals surface area contributed by atoms with Crippen molar-refractivity contribution in [3.05, 3.63) is 35.9 Å². The molecule has 2 aliphatic carbocycles. The topological polar surface area (TPSA) is 138 Å². The van der Waals surface area contributed by atoms with Crippen molar-refractivity contribution in [2.45, 2.75) is 74.1 Å². The van der Waals surface area contributed by atoms with Crippen molar-refractivity contribution < 1.29 is 20.1 Å². The maximum absolute atomic E-state index is 10.7. The van der Waals surface area contributed by atoms with Crippen LogP contribution >= 0.6 is 11.8 Å². The Balaban J connectivity index is 1.43. The van der Waals surface area contributed by atoms with Gasteiger partial charge < -0.3 is 25.4 Å². The molecule has 2 unspecified atom stereocenters. The Hall–Kier alpha value is -2.31. The number of rotatable bonds is 11. The molecular formula is C24H32N6O4S. The Morgan fingerprint density at radius 3 is 2.74 bits per heavy atom. The molecule has 2 saturated carbocycles. The van der Waals surface area contributed by atoms with Gasteiger partial charge in [0, 0.05) is 24.1 Å². The fourth-order valence-corrected chi connectivity index (χ4v) is 5.61. The van der Waals surface area contributed by atoms with E-state index in [9.17, 15) is 10.2 Å². The molecule has 2 aliphatic rings. The minimum absolute atomic E-state index is 0.0949. The van der Waals surface area contributed by atoms with Gasteiger partial charge in [-0.1, -0.05) is 60.7 Å². The number of aliphatic hydroxyl groups is 3. The summed E-state index contributed by atoms with van der Waals surface area (Å²) in [5.41, 5.74) is 2.37. The van der Waals surface area contributed by atoms with Gasteiger partial charge in [0.05, 0.1) is 25.4 Å². The second-order valence-electron chi connectivity index (χ2n) is 9.18. The molecular weight excluding hydrogens is 468 g/mol. The van der Waals surface area contributed by atoms with Crippen molar-refractivity contribution in [2.75, 3.05) is 24.3 Å². The molecule has 4 N–H and O–H groups in total. The van der Waals surface area contributed by atoms with E-state index in [1.54, 1.807) is 16.4 Å². The largest absolute Gasteiger partial charge is 0.394 e. The molecule has 5 rings (SSSR count). The number of benzene rings is 1. The van der Waals surface area contributed by atoms with E-state index in [1.807, 2.05) is 6.07 Å². The maximum Gasteiger partial charge on any atom is 0.191 e. The Bertz CT molecular complexity index is 1130. The molecule has 2 fully saturated rings. The quantitative estimate of drug-likeness (QED) is 0.176. The molecule has 10 nitrogen and oxygen atoms in total. The summed E-state index contributed by atoms with van der Waals surface area (Å²) in [5.74, 6) is 1.97. The molecule has 2 aromatic heterocycles. The van der Waals surface area contributed by atoms with Crippen LogP contribution in [0.15, 0.2) is 35.5 Å². The number of hydrogen-bond donors (Lipinski definition) is 4. The molecule has 0 aliphatic heterocycles. The van der Waals surface area contributed by atoms with Gasteiger partial charge in [-0.15, -0.1) is 5.10 Å². The van der Waals surface area contributed by atoms with E-state index in [2.05, 4.69) is 46.8 Å². The molecule has 2 heterocycles. The summed E-state index contributed by atoms with van der Waals surface area (Å²) in [6.07, 6.45) is 0.727. The number of hydrogen-bond acceptors (Lipinski definition) is 10. The Morgan fingerprint density at radius 2 is 1.97 bits per heavy atom. The Morgan fingerprint density at radius 1 is 1.14 bits per heavy atom. The summed E-state index contributed by atoms with van der Waals surface area (Å²) in [6, 6.07) is 10.1. The van der Waals surface area contributed by atoms with Gasteiger partial charge in [-0.2, -0.15) is 0 Å². The van der Waals surface area contributed by atoms with Gasteiger partial charge in [-0.3, -0.25) is 0 Å². The van der Waals surface area contributed by atoms with Crippen LogP contribution < -0.4 is 5.32 Å². The first-order chi connectivity index (χ1) is 17.1. The summed E-state index contributed by atoms with van der Waals surface area (Å²) in [7, 11) is 0. The lowest BCUT2D eigenvalue weighted by molar-refractivity contribution is -0.0629. The standard InChI is InChI=1S/C24H32N6O4S/c1-2-3-11-35-24-26-22(25-16-12-15(16)14-7-5-4-6-8-14)19-23(27-24)30(29-28-19)17-13-18(34-10-9-31)21(33)20(17)32/h4-8,15-18,20-21,31-33H,2-3,9-13H2,1H3,(H,25,26,27)/t15?,16?,17-,18+,20+,21-/m0/s1. The van der Waals surface area contributed by atoms with Crippen LogP contribution in [0.3, 0.4) is 0 Å². The van der Waals surface area contributed by atoms with Gasteiger partial charge in [0.25, 0.3) is 0 Å². The third kappa shape index (κ3) is 5.14. The minimum atomic E-state index is -1.09. The molecule has 0 saturated heterocycles. The predicted molar refractivity (Wildman–Crippen MR) is 132 cm³/mol. The molecule has 6 atom stereocenters. The van der Waals surface area contributed by atoms with Gasteiger partial charge in [0.2, 0.25) is 0 Å². The number of fused-ring (bicyclic) bond motifs is 1. The maximum atomic E-state index is 10.7. The number of nitrogens with zero attached hydrogens (tertiary/aromatic N) is 5. The van der Waals surface area contributed by atoms with Gasteiger partial charge >= 0.3 is 0 Å². The van der Waals surface area contributed by atoms with Gasteiger partial charge in [0.15, 0.2) is 22.1 Å². The molecule has 0 amide bonds. The average molecular weight is 501 g/mol. The summed E-state index contributed by atoms with van der Waals surface area (Å²) < 4.78 is 7.12. The van der Waals surface area contributed by atoms with Crippen LogP contribution in [0.5, 0.6) is 0 Å².